The first-order valence-corrected chi connectivity index (χ1v) is 5.43. The Morgan fingerprint density at radius 2 is 2.20 bits per heavy atom. The van der Waals surface area contributed by atoms with Crippen molar-refractivity contribution in [2.45, 2.75) is 25.3 Å². The number of aromatic nitrogens is 1. The Hall–Kier alpha value is -1.35. The summed E-state index contributed by atoms with van der Waals surface area (Å²) in [7, 11) is 0. The molecule has 3 heteroatoms. The fourth-order valence-electron chi connectivity index (χ4n) is 1.90. The number of benzene rings is 1. The molecule has 0 aliphatic heterocycles. The van der Waals surface area contributed by atoms with Gasteiger partial charge in [0, 0.05) is 12.5 Å². The van der Waals surface area contributed by atoms with Gasteiger partial charge in [0.05, 0.1) is 0 Å². The maximum Gasteiger partial charge on any atom is 0.197 e. The molecule has 1 aliphatic carbocycles. The highest BCUT2D eigenvalue weighted by Gasteiger charge is 2.29. The maximum absolute atomic E-state index is 6.03. The lowest BCUT2D eigenvalue weighted by molar-refractivity contribution is 0.475. The van der Waals surface area contributed by atoms with E-state index in [9.17, 15) is 0 Å². The summed E-state index contributed by atoms with van der Waals surface area (Å²) >= 11 is 0. The van der Waals surface area contributed by atoms with E-state index < -0.39 is 0 Å². The number of para-hydroxylation sites is 2. The van der Waals surface area contributed by atoms with Gasteiger partial charge in [-0.05, 0) is 30.9 Å². The Bertz CT molecular complexity index is 440. The Kier molecular flexibility index (Phi) is 1.99. The fraction of sp³-hybridized carbons (Fsp3) is 0.417. The molecule has 0 saturated heterocycles. The molecule has 0 spiro atoms. The molecule has 3 nitrogen and oxygen atoms in total. The number of hydrogen-bond donors (Lipinski definition) is 1. The van der Waals surface area contributed by atoms with Crippen molar-refractivity contribution in [1.82, 2.24) is 4.98 Å². The molecule has 15 heavy (non-hydrogen) atoms. The summed E-state index contributed by atoms with van der Waals surface area (Å²) in [6, 6.07) is 8.05. The van der Waals surface area contributed by atoms with E-state index in [2.05, 4.69) is 4.98 Å². The number of fused-ring (bicyclic) bond motifs is 1. The van der Waals surface area contributed by atoms with Crippen LogP contribution in [0.15, 0.2) is 28.7 Å². The average molecular weight is 202 g/mol. The highest BCUT2D eigenvalue weighted by Crippen LogP contribution is 2.33. The average Bonchev–Trinajstić information content (AvgIpc) is 2.99. The van der Waals surface area contributed by atoms with Crippen LogP contribution in [0.1, 0.15) is 18.7 Å². The molecule has 3 rings (SSSR count). The Labute approximate surface area is 88.3 Å². The van der Waals surface area contributed by atoms with Crippen LogP contribution in [0.4, 0.5) is 0 Å². The normalized spacial score (nSPS) is 18.2. The number of hydrogen-bond acceptors (Lipinski definition) is 3. The van der Waals surface area contributed by atoms with Gasteiger partial charge in [0.15, 0.2) is 11.5 Å². The zero-order chi connectivity index (χ0) is 10.3. The molecular formula is C12H14N2O. The Morgan fingerprint density at radius 3 is 2.93 bits per heavy atom. The summed E-state index contributed by atoms with van der Waals surface area (Å²) in [6.45, 7) is 0. The predicted molar refractivity (Wildman–Crippen MR) is 58.4 cm³/mol. The molecular weight excluding hydrogens is 188 g/mol. The molecule has 1 aromatic heterocycles. The SMILES string of the molecule is NC(Cc1nc2ccccc2o1)C1CC1. The van der Waals surface area contributed by atoms with Gasteiger partial charge in [-0.2, -0.15) is 0 Å². The van der Waals surface area contributed by atoms with Gasteiger partial charge < -0.3 is 10.2 Å². The first-order chi connectivity index (χ1) is 7.33. The molecule has 1 aliphatic rings. The van der Waals surface area contributed by atoms with Crippen molar-refractivity contribution < 1.29 is 4.42 Å². The minimum absolute atomic E-state index is 0.220. The highest BCUT2D eigenvalue weighted by atomic mass is 16.3. The summed E-state index contributed by atoms with van der Waals surface area (Å²) in [5, 5.41) is 0. The summed E-state index contributed by atoms with van der Waals surface area (Å²) in [5.41, 5.74) is 7.82. The molecule has 1 aromatic carbocycles. The smallest absolute Gasteiger partial charge is 0.197 e. The molecule has 1 fully saturated rings. The van der Waals surface area contributed by atoms with Crippen molar-refractivity contribution in [1.29, 1.82) is 0 Å². The van der Waals surface area contributed by atoms with Gasteiger partial charge in [-0.25, -0.2) is 4.98 Å². The van der Waals surface area contributed by atoms with Crippen LogP contribution in [-0.2, 0) is 6.42 Å². The van der Waals surface area contributed by atoms with Crippen LogP contribution in [0, 0.1) is 5.92 Å². The summed E-state index contributed by atoms with van der Waals surface area (Å²) in [6.07, 6.45) is 3.29. The first kappa shape index (κ1) is 8.92. The van der Waals surface area contributed by atoms with E-state index in [4.69, 9.17) is 10.2 Å². The van der Waals surface area contributed by atoms with Crippen molar-refractivity contribution in [3.05, 3.63) is 30.2 Å². The third-order valence-corrected chi connectivity index (χ3v) is 2.98. The van der Waals surface area contributed by atoms with Gasteiger partial charge in [-0.3, -0.25) is 0 Å². The molecule has 1 saturated carbocycles. The largest absolute Gasteiger partial charge is 0.441 e. The molecule has 2 N–H and O–H groups in total. The maximum atomic E-state index is 6.03. The summed E-state index contributed by atoms with van der Waals surface area (Å²) in [5.74, 6) is 1.47. The predicted octanol–water partition coefficient (Wildman–Crippen LogP) is 2.11. The third-order valence-electron chi connectivity index (χ3n) is 2.98. The zero-order valence-corrected chi connectivity index (χ0v) is 8.52. The van der Waals surface area contributed by atoms with Crippen LogP contribution in [0.5, 0.6) is 0 Å². The lowest BCUT2D eigenvalue weighted by atomic mass is 10.1. The van der Waals surface area contributed by atoms with Gasteiger partial charge in [-0.15, -0.1) is 0 Å². The third kappa shape index (κ3) is 1.75. The number of nitrogens with two attached hydrogens (primary N) is 1. The minimum atomic E-state index is 0.220. The topological polar surface area (TPSA) is 52.0 Å². The quantitative estimate of drug-likeness (QED) is 0.829. The summed E-state index contributed by atoms with van der Waals surface area (Å²) in [4.78, 5) is 4.42. The van der Waals surface area contributed by atoms with E-state index in [0.29, 0.717) is 5.92 Å². The van der Waals surface area contributed by atoms with E-state index >= 15 is 0 Å². The van der Waals surface area contributed by atoms with Crippen LogP contribution in [0.2, 0.25) is 0 Å². The van der Waals surface area contributed by atoms with Gasteiger partial charge >= 0.3 is 0 Å². The van der Waals surface area contributed by atoms with Gasteiger partial charge in [-0.1, -0.05) is 12.1 Å². The Balaban J connectivity index is 1.84. The molecule has 0 amide bonds. The molecule has 1 heterocycles. The lowest BCUT2D eigenvalue weighted by Gasteiger charge is -2.05. The summed E-state index contributed by atoms with van der Waals surface area (Å²) < 4.78 is 5.63. The van der Waals surface area contributed by atoms with E-state index in [0.717, 1.165) is 23.4 Å². The van der Waals surface area contributed by atoms with E-state index in [1.807, 2.05) is 24.3 Å². The lowest BCUT2D eigenvalue weighted by Crippen LogP contribution is -2.25. The molecule has 1 atom stereocenters. The molecule has 1 unspecified atom stereocenters. The van der Waals surface area contributed by atoms with Gasteiger partial charge in [0.25, 0.3) is 0 Å². The number of rotatable bonds is 3. The van der Waals surface area contributed by atoms with Crippen molar-refractivity contribution in [2.24, 2.45) is 11.7 Å². The van der Waals surface area contributed by atoms with Crippen LogP contribution >= 0.6 is 0 Å². The van der Waals surface area contributed by atoms with E-state index in [1.54, 1.807) is 0 Å². The standard InChI is InChI=1S/C12H14N2O/c13-9(8-5-6-8)7-12-14-10-3-1-2-4-11(10)15-12/h1-4,8-9H,5-7,13H2. The Morgan fingerprint density at radius 1 is 1.40 bits per heavy atom. The highest BCUT2D eigenvalue weighted by molar-refractivity contribution is 5.72. The van der Waals surface area contributed by atoms with Crippen molar-refractivity contribution in [3.8, 4) is 0 Å². The minimum Gasteiger partial charge on any atom is -0.441 e. The number of oxazole rings is 1. The van der Waals surface area contributed by atoms with E-state index in [-0.39, 0.29) is 6.04 Å². The zero-order valence-electron chi connectivity index (χ0n) is 8.52. The molecule has 0 radical (unpaired) electrons. The molecule has 78 valence electrons. The fourth-order valence-corrected chi connectivity index (χ4v) is 1.90. The van der Waals surface area contributed by atoms with Crippen LogP contribution < -0.4 is 5.73 Å². The van der Waals surface area contributed by atoms with E-state index in [1.165, 1.54) is 12.8 Å². The van der Waals surface area contributed by atoms with Crippen molar-refractivity contribution >= 4 is 11.1 Å². The van der Waals surface area contributed by atoms with Crippen LogP contribution in [-0.4, -0.2) is 11.0 Å². The van der Waals surface area contributed by atoms with Crippen molar-refractivity contribution in [2.75, 3.05) is 0 Å². The second-order valence-electron chi connectivity index (χ2n) is 4.28. The first-order valence-electron chi connectivity index (χ1n) is 5.43. The number of nitrogens with zero attached hydrogens (tertiary/aromatic N) is 1. The second kappa shape index (κ2) is 3.35. The van der Waals surface area contributed by atoms with Crippen LogP contribution in [0.3, 0.4) is 0 Å². The monoisotopic (exact) mass is 202 g/mol. The van der Waals surface area contributed by atoms with Gasteiger partial charge in [0.1, 0.15) is 5.52 Å². The van der Waals surface area contributed by atoms with Crippen LogP contribution in [0.25, 0.3) is 11.1 Å². The van der Waals surface area contributed by atoms with Crippen molar-refractivity contribution in [3.63, 3.8) is 0 Å². The molecule has 0 bridgehead atoms. The van der Waals surface area contributed by atoms with Gasteiger partial charge in [0.2, 0.25) is 0 Å². The second-order valence-corrected chi connectivity index (χ2v) is 4.28. The molecule has 2 aromatic rings.